The molecular weight excluding hydrogens is 266 g/mol. The summed E-state index contributed by atoms with van der Waals surface area (Å²) in [6.07, 6.45) is 0.00826. The fourth-order valence-corrected chi connectivity index (χ4v) is 1.99. The minimum Gasteiger partial charge on any atom is -0.387 e. The molecule has 2 rings (SSSR count). The van der Waals surface area contributed by atoms with Crippen LogP contribution in [-0.2, 0) is 6.42 Å². The van der Waals surface area contributed by atoms with E-state index in [9.17, 15) is 5.11 Å². The second kappa shape index (κ2) is 6.65. The summed E-state index contributed by atoms with van der Waals surface area (Å²) in [6, 6.07) is 7.27. The number of halogens is 1. The first kappa shape index (κ1) is 14.0. The first-order chi connectivity index (χ1) is 9.16. The Labute approximate surface area is 116 Å². The molecule has 2 N–H and O–H groups in total. The van der Waals surface area contributed by atoms with Gasteiger partial charge in [0, 0.05) is 30.1 Å². The van der Waals surface area contributed by atoms with Gasteiger partial charge in [-0.05, 0) is 13.0 Å². The summed E-state index contributed by atoms with van der Waals surface area (Å²) < 4.78 is 4.99. The van der Waals surface area contributed by atoms with Crippen molar-refractivity contribution in [1.82, 2.24) is 15.5 Å². The fourth-order valence-electron chi connectivity index (χ4n) is 1.73. The average Bonchev–Trinajstić information content (AvgIpc) is 2.81. The number of nitrogens with zero attached hydrogens (tertiary/aromatic N) is 2. The van der Waals surface area contributed by atoms with E-state index in [1.54, 1.807) is 13.0 Å². The number of aromatic nitrogens is 2. The van der Waals surface area contributed by atoms with Gasteiger partial charge in [0.15, 0.2) is 5.82 Å². The molecule has 19 heavy (non-hydrogen) atoms. The molecule has 0 spiro atoms. The van der Waals surface area contributed by atoms with Crippen LogP contribution < -0.4 is 5.32 Å². The first-order valence-corrected chi connectivity index (χ1v) is 6.47. The van der Waals surface area contributed by atoms with Gasteiger partial charge in [-0.1, -0.05) is 35.0 Å². The number of hydrogen-bond acceptors (Lipinski definition) is 5. The first-order valence-electron chi connectivity index (χ1n) is 6.09. The van der Waals surface area contributed by atoms with Gasteiger partial charge >= 0.3 is 0 Å². The summed E-state index contributed by atoms with van der Waals surface area (Å²) in [5.74, 6) is 1.23. The van der Waals surface area contributed by atoms with E-state index in [1.807, 2.05) is 18.2 Å². The second-order valence-corrected chi connectivity index (χ2v) is 4.63. The van der Waals surface area contributed by atoms with Crippen LogP contribution in [0.25, 0.3) is 0 Å². The van der Waals surface area contributed by atoms with Gasteiger partial charge in [0.1, 0.15) is 0 Å². The largest absolute Gasteiger partial charge is 0.387 e. The lowest BCUT2D eigenvalue weighted by atomic mass is 10.1. The van der Waals surface area contributed by atoms with E-state index in [2.05, 4.69) is 15.5 Å². The zero-order valence-corrected chi connectivity index (χ0v) is 11.4. The molecule has 102 valence electrons. The van der Waals surface area contributed by atoms with Crippen LogP contribution >= 0.6 is 11.6 Å². The number of aryl methyl sites for hydroxylation is 1. The lowest BCUT2D eigenvalue weighted by Crippen LogP contribution is -2.24. The van der Waals surface area contributed by atoms with Crippen molar-refractivity contribution in [3.8, 4) is 0 Å². The summed E-state index contributed by atoms with van der Waals surface area (Å²) in [6.45, 7) is 2.86. The van der Waals surface area contributed by atoms with Crippen molar-refractivity contribution in [3.63, 3.8) is 0 Å². The van der Waals surface area contributed by atoms with Crippen LogP contribution in [0.4, 0.5) is 0 Å². The van der Waals surface area contributed by atoms with Crippen LogP contribution in [0.3, 0.4) is 0 Å². The molecule has 0 aliphatic rings. The highest BCUT2D eigenvalue weighted by molar-refractivity contribution is 6.31. The van der Waals surface area contributed by atoms with Crippen LogP contribution in [0.15, 0.2) is 28.8 Å². The Hall–Kier alpha value is -1.43. The zero-order valence-electron chi connectivity index (χ0n) is 10.6. The molecule has 0 amide bonds. The van der Waals surface area contributed by atoms with Gasteiger partial charge in [-0.3, -0.25) is 0 Å². The maximum Gasteiger partial charge on any atom is 0.227 e. The molecule has 1 atom stereocenters. The Balaban J connectivity index is 1.75. The molecule has 1 aromatic carbocycles. The summed E-state index contributed by atoms with van der Waals surface area (Å²) >= 11 is 6.01. The third-order valence-corrected chi connectivity index (χ3v) is 3.03. The summed E-state index contributed by atoms with van der Waals surface area (Å²) in [7, 11) is 0. The van der Waals surface area contributed by atoms with E-state index in [1.165, 1.54) is 0 Å². The van der Waals surface area contributed by atoms with Crippen molar-refractivity contribution in [1.29, 1.82) is 0 Å². The van der Waals surface area contributed by atoms with E-state index in [0.717, 1.165) is 5.56 Å². The number of aliphatic hydroxyl groups excluding tert-OH is 1. The van der Waals surface area contributed by atoms with Crippen molar-refractivity contribution in [2.45, 2.75) is 19.4 Å². The van der Waals surface area contributed by atoms with E-state index in [0.29, 0.717) is 36.2 Å². The van der Waals surface area contributed by atoms with Crippen LogP contribution in [-0.4, -0.2) is 28.3 Å². The van der Waals surface area contributed by atoms with E-state index in [4.69, 9.17) is 16.1 Å². The molecule has 0 saturated heterocycles. The molecule has 6 heteroatoms. The quantitative estimate of drug-likeness (QED) is 0.791. The van der Waals surface area contributed by atoms with Crippen molar-refractivity contribution in [3.05, 3.63) is 46.6 Å². The van der Waals surface area contributed by atoms with Crippen molar-refractivity contribution in [2.75, 3.05) is 13.1 Å². The second-order valence-electron chi connectivity index (χ2n) is 4.23. The maximum absolute atomic E-state index is 10.0. The van der Waals surface area contributed by atoms with Crippen molar-refractivity contribution in [2.24, 2.45) is 0 Å². The van der Waals surface area contributed by atoms with E-state index >= 15 is 0 Å². The minimum atomic E-state index is -0.627. The molecule has 0 saturated carbocycles. The molecule has 0 aliphatic carbocycles. The highest BCUT2D eigenvalue weighted by atomic mass is 35.5. The normalized spacial score (nSPS) is 12.6. The van der Waals surface area contributed by atoms with Crippen LogP contribution in [0.5, 0.6) is 0 Å². The third-order valence-electron chi connectivity index (χ3n) is 2.69. The predicted octanol–water partition coefficient (Wildman–Crippen LogP) is 1.90. The standard InChI is InChI=1S/C13H16ClN3O2/c1-9-16-13(19-17-9)6-7-15-8-12(18)10-4-2-3-5-11(10)14/h2-5,12,15,18H,6-8H2,1H3. The Morgan fingerprint density at radius 1 is 1.42 bits per heavy atom. The minimum absolute atomic E-state index is 0.427. The molecule has 0 aliphatic heterocycles. The van der Waals surface area contributed by atoms with Gasteiger partial charge in [0.05, 0.1) is 6.10 Å². The maximum atomic E-state index is 10.0. The smallest absolute Gasteiger partial charge is 0.227 e. The van der Waals surface area contributed by atoms with Crippen LogP contribution in [0.1, 0.15) is 23.4 Å². The molecule has 5 nitrogen and oxygen atoms in total. The summed E-state index contributed by atoms with van der Waals surface area (Å²) in [5, 5.41) is 17.4. The van der Waals surface area contributed by atoms with Gasteiger partial charge in [-0.25, -0.2) is 0 Å². The van der Waals surface area contributed by atoms with Crippen LogP contribution in [0, 0.1) is 6.92 Å². The van der Waals surface area contributed by atoms with Gasteiger partial charge in [-0.2, -0.15) is 4.98 Å². The number of hydrogen-bond donors (Lipinski definition) is 2. The number of benzene rings is 1. The molecule has 0 bridgehead atoms. The van der Waals surface area contributed by atoms with Gasteiger partial charge in [-0.15, -0.1) is 0 Å². The molecule has 1 aromatic heterocycles. The Morgan fingerprint density at radius 2 is 2.21 bits per heavy atom. The topological polar surface area (TPSA) is 71.2 Å². The molecule has 1 unspecified atom stereocenters. The van der Waals surface area contributed by atoms with Crippen molar-refractivity contribution >= 4 is 11.6 Å². The molecular formula is C13H16ClN3O2. The molecule has 1 heterocycles. The average molecular weight is 282 g/mol. The monoisotopic (exact) mass is 281 g/mol. The Morgan fingerprint density at radius 3 is 2.89 bits per heavy atom. The number of aliphatic hydroxyl groups is 1. The summed E-state index contributed by atoms with van der Waals surface area (Å²) in [4.78, 5) is 4.10. The van der Waals surface area contributed by atoms with Crippen LogP contribution in [0.2, 0.25) is 5.02 Å². The fraction of sp³-hybridized carbons (Fsp3) is 0.385. The molecule has 0 radical (unpaired) electrons. The number of rotatable bonds is 6. The van der Waals surface area contributed by atoms with E-state index in [-0.39, 0.29) is 0 Å². The number of nitrogens with one attached hydrogen (secondary N) is 1. The lowest BCUT2D eigenvalue weighted by molar-refractivity contribution is 0.175. The highest BCUT2D eigenvalue weighted by Gasteiger charge is 2.10. The lowest BCUT2D eigenvalue weighted by Gasteiger charge is -2.13. The Kier molecular flexibility index (Phi) is 4.90. The summed E-state index contributed by atoms with van der Waals surface area (Å²) in [5.41, 5.74) is 0.727. The SMILES string of the molecule is Cc1noc(CCNCC(O)c2ccccc2Cl)n1. The van der Waals surface area contributed by atoms with Gasteiger partial charge < -0.3 is 14.9 Å². The zero-order chi connectivity index (χ0) is 13.7. The van der Waals surface area contributed by atoms with Crippen molar-refractivity contribution < 1.29 is 9.63 Å². The van der Waals surface area contributed by atoms with Gasteiger partial charge in [0.2, 0.25) is 5.89 Å². The van der Waals surface area contributed by atoms with E-state index < -0.39 is 6.10 Å². The predicted molar refractivity (Wildman–Crippen MR) is 72.0 cm³/mol. The highest BCUT2D eigenvalue weighted by Crippen LogP contribution is 2.21. The molecule has 0 fully saturated rings. The third kappa shape index (κ3) is 4.02. The van der Waals surface area contributed by atoms with Gasteiger partial charge in [0.25, 0.3) is 0 Å². The Bertz CT molecular complexity index is 530. The molecule has 2 aromatic rings.